The molecule has 3 aromatic rings. The summed E-state index contributed by atoms with van der Waals surface area (Å²) < 4.78 is 32.0. The van der Waals surface area contributed by atoms with Crippen LogP contribution in [0.4, 0.5) is 26.0 Å². The van der Waals surface area contributed by atoms with Crippen LogP contribution in [0.2, 0.25) is 5.02 Å². The predicted molar refractivity (Wildman–Crippen MR) is 104 cm³/mol. The van der Waals surface area contributed by atoms with Crippen LogP contribution < -0.4 is 15.4 Å². The van der Waals surface area contributed by atoms with E-state index in [1.165, 1.54) is 24.5 Å². The molecule has 0 aliphatic heterocycles. The number of rotatable bonds is 6. The summed E-state index contributed by atoms with van der Waals surface area (Å²) in [4.78, 5) is 20.1. The Morgan fingerprint density at radius 2 is 2.07 bits per heavy atom. The topological polar surface area (TPSA) is 76.1 Å². The Labute approximate surface area is 164 Å². The molecular weight excluding hydrogens is 390 g/mol. The maximum absolute atomic E-state index is 13.4. The van der Waals surface area contributed by atoms with Crippen LogP contribution in [0.5, 0.6) is 5.75 Å². The lowest BCUT2D eigenvalue weighted by Gasteiger charge is -2.14. The van der Waals surface area contributed by atoms with E-state index < -0.39 is 17.6 Å². The predicted octanol–water partition coefficient (Wildman–Crippen LogP) is 4.99. The van der Waals surface area contributed by atoms with E-state index in [9.17, 15) is 13.6 Å². The highest BCUT2D eigenvalue weighted by Crippen LogP contribution is 2.34. The largest absolute Gasteiger partial charge is 0.492 e. The van der Waals surface area contributed by atoms with Crippen molar-refractivity contribution >= 4 is 45.6 Å². The lowest BCUT2D eigenvalue weighted by atomic mass is 10.1. The van der Waals surface area contributed by atoms with Crippen LogP contribution in [0.15, 0.2) is 49.1 Å². The number of nitrogens with zero attached hydrogens (tertiary/aromatic N) is 2. The molecule has 1 aromatic heterocycles. The lowest BCUT2D eigenvalue weighted by Crippen LogP contribution is -2.12. The van der Waals surface area contributed by atoms with Crippen molar-refractivity contribution in [1.29, 1.82) is 0 Å². The third-order valence-corrected chi connectivity index (χ3v) is 4.00. The Hall–Kier alpha value is -3.26. The van der Waals surface area contributed by atoms with Gasteiger partial charge in [0, 0.05) is 17.1 Å². The SMILES string of the molecule is C=C(F)C(=O)Nc1cc2c(Nc3ccc(F)c(Cl)c3)ncnc2cc1OCC. The number of nitrogens with one attached hydrogen (secondary N) is 2. The zero-order chi connectivity index (χ0) is 20.3. The molecule has 28 heavy (non-hydrogen) atoms. The Balaban J connectivity index is 2.07. The fraction of sp³-hybridized carbons (Fsp3) is 0.105. The summed E-state index contributed by atoms with van der Waals surface area (Å²) in [7, 11) is 0. The first-order chi connectivity index (χ1) is 13.4. The molecule has 3 rings (SSSR count). The Morgan fingerprint density at radius 3 is 2.75 bits per heavy atom. The van der Waals surface area contributed by atoms with Gasteiger partial charge in [0.1, 0.15) is 23.7 Å². The molecule has 0 atom stereocenters. The van der Waals surface area contributed by atoms with Gasteiger partial charge < -0.3 is 15.4 Å². The van der Waals surface area contributed by atoms with E-state index in [4.69, 9.17) is 16.3 Å². The number of carbonyl (C=O) groups is 1. The van der Waals surface area contributed by atoms with Gasteiger partial charge in [0.2, 0.25) is 0 Å². The van der Waals surface area contributed by atoms with E-state index in [1.807, 2.05) is 0 Å². The maximum atomic E-state index is 13.4. The molecule has 0 unspecified atom stereocenters. The summed E-state index contributed by atoms with van der Waals surface area (Å²) in [5, 5.41) is 5.90. The van der Waals surface area contributed by atoms with Crippen molar-refractivity contribution in [2.45, 2.75) is 6.92 Å². The van der Waals surface area contributed by atoms with Crippen LogP contribution in [-0.4, -0.2) is 22.5 Å². The second kappa shape index (κ2) is 8.18. The van der Waals surface area contributed by atoms with E-state index in [-0.39, 0.29) is 10.7 Å². The maximum Gasteiger partial charge on any atom is 0.283 e. The van der Waals surface area contributed by atoms with Crippen LogP contribution in [0.25, 0.3) is 10.9 Å². The first-order valence-electron chi connectivity index (χ1n) is 8.18. The molecule has 1 amide bonds. The standard InChI is InChI=1S/C19H15ClF2N4O2/c1-3-28-17-8-15-12(7-16(17)26-19(27)10(2)21)18(24-9-23-15)25-11-4-5-14(22)13(20)6-11/h4-9H,2-3H2,1H3,(H,26,27)(H,23,24,25). The number of hydrogen-bond acceptors (Lipinski definition) is 5. The number of fused-ring (bicyclic) bond motifs is 1. The van der Waals surface area contributed by atoms with Gasteiger partial charge in [-0.15, -0.1) is 0 Å². The first kappa shape index (κ1) is 19.5. The second-order valence-corrected chi connectivity index (χ2v) is 6.04. The van der Waals surface area contributed by atoms with Crippen molar-refractivity contribution in [3.8, 4) is 5.75 Å². The Morgan fingerprint density at radius 1 is 1.29 bits per heavy atom. The molecule has 6 nitrogen and oxygen atoms in total. The first-order valence-corrected chi connectivity index (χ1v) is 8.56. The van der Waals surface area contributed by atoms with Crippen molar-refractivity contribution < 1.29 is 18.3 Å². The molecule has 2 aromatic carbocycles. The van der Waals surface area contributed by atoms with Crippen molar-refractivity contribution in [2.24, 2.45) is 0 Å². The minimum atomic E-state index is -1.13. The Bertz CT molecular complexity index is 1080. The number of hydrogen-bond donors (Lipinski definition) is 2. The van der Waals surface area contributed by atoms with E-state index in [0.717, 1.165) is 0 Å². The molecule has 0 aliphatic rings. The fourth-order valence-corrected chi connectivity index (χ4v) is 2.64. The molecule has 1 heterocycles. The summed E-state index contributed by atoms with van der Waals surface area (Å²) in [6.07, 6.45) is 1.34. The van der Waals surface area contributed by atoms with Crippen LogP contribution in [0.3, 0.4) is 0 Å². The molecule has 9 heteroatoms. The van der Waals surface area contributed by atoms with Crippen molar-refractivity contribution in [3.05, 3.63) is 59.9 Å². The highest BCUT2D eigenvalue weighted by atomic mass is 35.5. The van der Waals surface area contributed by atoms with E-state index >= 15 is 0 Å². The molecule has 144 valence electrons. The second-order valence-electron chi connectivity index (χ2n) is 5.63. The van der Waals surface area contributed by atoms with Crippen LogP contribution in [0, 0.1) is 5.82 Å². The molecule has 0 radical (unpaired) electrons. The van der Waals surface area contributed by atoms with E-state index in [1.54, 1.807) is 19.1 Å². The molecule has 0 aliphatic carbocycles. The highest BCUT2D eigenvalue weighted by Gasteiger charge is 2.15. The summed E-state index contributed by atoms with van der Waals surface area (Å²) in [5.74, 6) is -1.97. The number of aromatic nitrogens is 2. The van der Waals surface area contributed by atoms with Crippen molar-refractivity contribution in [3.63, 3.8) is 0 Å². The fourth-order valence-electron chi connectivity index (χ4n) is 2.46. The number of amides is 1. The molecule has 2 N–H and O–H groups in total. The van der Waals surface area contributed by atoms with Gasteiger partial charge in [0.25, 0.3) is 5.91 Å². The summed E-state index contributed by atoms with van der Waals surface area (Å²) in [6.45, 7) is 5.08. The molecule has 0 fully saturated rings. The number of halogens is 3. The van der Waals surface area contributed by atoms with E-state index in [2.05, 4.69) is 27.2 Å². The highest BCUT2D eigenvalue weighted by molar-refractivity contribution is 6.31. The monoisotopic (exact) mass is 404 g/mol. The summed E-state index contributed by atoms with van der Waals surface area (Å²) >= 11 is 5.81. The van der Waals surface area contributed by atoms with Crippen LogP contribution >= 0.6 is 11.6 Å². The Kier molecular flexibility index (Phi) is 5.70. The third-order valence-electron chi connectivity index (χ3n) is 3.71. The number of ether oxygens (including phenoxy) is 1. The third kappa shape index (κ3) is 4.17. The average molecular weight is 405 g/mol. The van der Waals surface area contributed by atoms with Gasteiger partial charge in [-0.25, -0.2) is 18.7 Å². The minimum Gasteiger partial charge on any atom is -0.492 e. The average Bonchev–Trinajstić information content (AvgIpc) is 2.65. The van der Waals surface area contributed by atoms with Crippen molar-refractivity contribution in [2.75, 3.05) is 17.2 Å². The van der Waals surface area contributed by atoms with Gasteiger partial charge >= 0.3 is 0 Å². The zero-order valence-electron chi connectivity index (χ0n) is 14.7. The van der Waals surface area contributed by atoms with Gasteiger partial charge in [-0.1, -0.05) is 18.2 Å². The summed E-state index contributed by atoms with van der Waals surface area (Å²) in [6, 6.07) is 7.28. The van der Waals surface area contributed by atoms with Gasteiger partial charge in [-0.05, 0) is 31.2 Å². The zero-order valence-corrected chi connectivity index (χ0v) is 15.5. The van der Waals surface area contributed by atoms with E-state index in [0.29, 0.717) is 34.8 Å². The normalized spacial score (nSPS) is 10.6. The summed E-state index contributed by atoms with van der Waals surface area (Å²) in [5.41, 5.74) is 1.25. The molecule has 0 spiro atoms. The van der Waals surface area contributed by atoms with Gasteiger partial charge in [-0.3, -0.25) is 4.79 Å². The minimum absolute atomic E-state index is 0.0450. The lowest BCUT2D eigenvalue weighted by molar-refractivity contribution is -0.114. The van der Waals surface area contributed by atoms with Crippen LogP contribution in [0.1, 0.15) is 6.92 Å². The number of anilines is 3. The number of carbonyl (C=O) groups excluding carboxylic acids is 1. The number of benzene rings is 2. The molecule has 0 saturated heterocycles. The van der Waals surface area contributed by atoms with Gasteiger partial charge in [0.05, 0.1) is 22.8 Å². The molecule has 0 saturated carbocycles. The smallest absolute Gasteiger partial charge is 0.283 e. The van der Waals surface area contributed by atoms with Gasteiger partial charge in [-0.2, -0.15) is 0 Å². The van der Waals surface area contributed by atoms with Crippen molar-refractivity contribution in [1.82, 2.24) is 9.97 Å². The molecular formula is C19H15ClF2N4O2. The quantitative estimate of drug-likeness (QED) is 0.566. The van der Waals surface area contributed by atoms with Gasteiger partial charge in [0.15, 0.2) is 5.83 Å². The van der Waals surface area contributed by atoms with Crippen LogP contribution in [-0.2, 0) is 4.79 Å². The molecule has 0 bridgehead atoms.